The van der Waals surface area contributed by atoms with Gasteiger partial charge in [0.25, 0.3) is 0 Å². The second kappa shape index (κ2) is 6.78. The Kier molecular flexibility index (Phi) is 5.63. The number of nitrogens with one attached hydrogen (secondary N) is 1. The van der Waals surface area contributed by atoms with Crippen molar-refractivity contribution in [1.82, 2.24) is 10.2 Å². The normalized spacial score (nSPS) is 15.6. The second-order valence-corrected chi connectivity index (χ2v) is 6.17. The van der Waals surface area contributed by atoms with Gasteiger partial charge in [-0.05, 0) is 40.0 Å². The predicted octanol–water partition coefficient (Wildman–Crippen LogP) is 2.16. The van der Waals surface area contributed by atoms with Crippen molar-refractivity contribution in [2.45, 2.75) is 52.1 Å². The van der Waals surface area contributed by atoms with Crippen LogP contribution in [0, 0.1) is 5.92 Å². The molecule has 0 aromatic rings. The van der Waals surface area contributed by atoms with Crippen LogP contribution in [0.3, 0.4) is 0 Å². The summed E-state index contributed by atoms with van der Waals surface area (Å²) in [7, 11) is 1.83. The highest BCUT2D eigenvalue weighted by atomic mass is 16.6. The number of rotatable bonds is 5. The van der Waals surface area contributed by atoms with Crippen LogP contribution in [0.25, 0.3) is 0 Å². The van der Waals surface area contributed by atoms with Crippen molar-refractivity contribution >= 4 is 12.0 Å². The number of amides is 2. The maximum atomic E-state index is 11.9. The molecule has 1 aliphatic rings. The van der Waals surface area contributed by atoms with Gasteiger partial charge in [0.05, 0.1) is 0 Å². The van der Waals surface area contributed by atoms with Gasteiger partial charge in [0.1, 0.15) is 5.60 Å². The van der Waals surface area contributed by atoms with Crippen LogP contribution < -0.4 is 5.32 Å². The molecule has 0 bridgehead atoms. The SMILES string of the molecule is CN(CCCNC(=O)OC(C)(C)C)C(=O)C1CCC1. The fourth-order valence-corrected chi connectivity index (χ4v) is 1.90. The molecule has 1 rings (SSSR count). The third-order valence-corrected chi connectivity index (χ3v) is 3.17. The van der Waals surface area contributed by atoms with Crippen LogP contribution in [0.1, 0.15) is 46.5 Å². The monoisotopic (exact) mass is 270 g/mol. The highest BCUT2D eigenvalue weighted by Gasteiger charge is 2.27. The first-order valence-corrected chi connectivity index (χ1v) is 7.01. The van der Waals surface area contributed by atoms with E-state index in [1.807, 2.05) is 27.8 Å². The molecule has 0 spiro atoms. The van der Waals surface area contributed by atoms with E-state index in [1.54, 1.807) is 4.90 Å². The number of carbonyl (C=O) groups excluding carboxylic acids is 2. The van der Waals surface area contributed by atoms with E-state index in [9.17, 15) is 9.59 Å². The van der Waals surface area contributed by atoms with E-state index < -0.39 is 11.7 Å². The summed E-state index contributed by atoms with van der Waals surface area (Å²) in [5.41, 5.74) is -0.471. The van der Waals surface area contributed by atoms with Crippen LogP contribution in [-0.4, -0.2) is 42.6 Å². The van der Waals surface area contributed by atoms with Gasteiger partial charge < -0.3 is 15.0 Å². The highest BCUT2D eigenvalue weighted by Crippen LogP contribution is 2.27. The quantitative estimate of drug-likeness (QED) is 0.779. The van der Waals surface area contributed by atoms with Crippen molar-refractivity contribution < 1.29 is 14.3 Å². The van der Waals surface area contributed by atoms with Gasteiger partial charge in [0.15, 0.2) is 0 Å². The lowest BCUT2D eigenvalue weighted by atomic mass is 9.84. The molecule has 0 aromatic carbocycles. The molecule has 0 aliphatic heterocycles. The number of hydrogen-bond acceptors (Lipinski definition) is 3. The zero-order chi connectivity index (χ0) is 14.5. The summed E-state index contributed by atoms with van der Waals surface area (Å²) in [6.45, 7) is 6.69. The Balaban J connectivity index is 2.09. The molecule has 0 aromatic heterocycles. The number of alkyl carbamates (subject to hydrolysis) is 1. The lowest BCUT2D eigenvalue weighted by Crippen LogP contribution is -2.38. The lowest BCUT2D eigenvalue weighted by molar-refractivity contribution is -0.136. The van der Waals surface area contributed by atoms with Crippen LogP contribution in [0.15, 0.2) is 0 Å². The van der Waals surface area contributed by atoms with Gasteiger partial charge in [-0.1, -0.05) is 6.42 Å². The Hall–Kier alpha value is -1.26. The summed E-state index contributed by atoms with van der Waals surface area (Å²) in [5.74, 6) is 0.479. The first kappa shape index (κ1) is 15.8. The molecule has 0 heterocycles. The first-order chi connectivity index (χ1) is 8.79. The second-order valence-electron chi connectivity index (χ2n) is 6.17. The van der Waals surface area contributed by atoms with Crippen LogP contribution >= 0.6 is 0 Å². The molecule has 0 radical (unpaired) electrons. The van der Waals surface area contributed by atoms with Crippen molar-refractivity contribution in [3.63, 3.8) is 0 Å². The summed E-state index contributed by atoms with van der Waals surface area (Å²) in [6, 6.07) is 0. The van der Waals surface area contributed by atoms with Gasteiger partial charge in [-0.2, -0.15) is 0 Å². The molecular weight excluding hydrogens is 244 g/mol. The summed E-state index contributed by atoms with van der Waals surface area (Å²) in [6.07, 6.45) is 3.57. The maximum absolute atomic E-state index is 11.9. The number of carbonyl (C=O) groups is 2. The summed E-state index contributed by atoms with van der Waals surface area (Å²) in [5, 5.41) is 2.69. The van der Waals surface area contributed by atoms with E-state index in [4.69, 9.17) is 4.74 Å². The van der Waals surface area contributed by atoms with Crippen LogP contribution in [0.4, 0.5) is 4.79 Å². The van der Waals surface area contributed by atoms with E-state index in [0.29, 0.717) is 13.1 Å². The zero-order valence-electron chi connectivity index (χ0n) is 12.5. The third kappa shape index (κ3) is 5.94. The molecule has 1 saturated carbocycles. The molecule has 1 N–H and O–H groups in total. The molecular formula is C14H26N2O3. The van der Waals surface area contributed by atoms with Crippen molar-refractivity contribution in [3.8, 4) is 0 Å². The molecule has 0 atom stereocenters. The highest BCUT2D eigenvalue weighted by molar-refractivity contribution is 5.79. The average Bonchev–Trinajstić information content (AvgIpc) is 2.18. The predicted molar refractivity (Wildman–Crippen MR) is 73.8 cm³/mol. The van der Waals surface area contributed by atoms with Crippen molar-refractivity contribution in [3.05, 3.63) is 0 Å². The standard InChI is InChI=1S/C14H26N2O3/c1-14(2,3)19-13(18)15-9-6-10-16(4)12(17)11-7-5-8-11/h11H,5-10H2,1-4H3,(H,15,18). The van der Waals surface area contributed by atoms with Gasteiger partial charge >= 0.3 is 6.09 Å². The first-order valence-electron chi connectivity index (χ1n) is 7.01. The molecule has 0 unspecified atom stereocenters. The summed E-state index contributed by atoms with van der Waals surface area (Å²) < 4.78 is 5.13. The third-order valence-electron chi connectivity index (χ3n) is 3.17. The maximum Gasteiger partial charge on any atom is 0.407 e. The van der Waals surface area contributed by atoms with Gasteiger partial charge in [0, 0.05) is 26.1 Å². The van der Waals surface area contributed by atoms with E-state index in [1.165, 1.54) is 6.42 Å². The molecule has 1 aliphatic carbocycles. The minimum absolute atomic E-state index is 0.239. The summed E-state index contributed by atoms with van der Waals surface area (Å²) >= 11 is 0. The fraction of sp³-hybridized carbons (Fsp3) is 0.857. The Morgan fingerprint density at radius 2 is 1.95 bits per heavy atom. The van der Waals surface area contributed by atoms with E-state index >= 15 is 0 Å². The molecule has 1 fully saturated rings. The van der Waals surface area contributed by atoms with E-state index in [2.05, 4.69) is 5.32 Å². The van der Waals surface area contributed by atoms with Crippen LogP contribution in [0.2, 0.25) is 0 Å². The van der Waals surface area contributed by atoms with Crippen LogP contribution in [0.5, 0.6) is 0 Å². The number of ether oxygens (including phenoxy) is 1. The number of nitrogens with zero attached hydrogens (tertiary/aromatic N) is 1. The smallest absolute Gasteiger partial charge is 0.407 e. The van der Waals surface area contributed by atoms with Gasteiger partial charge in [-0.15, -0.1) is 0 Å². The van der Waals surface area contributed by atoms with Gasteiger partial charge in [-0.3, -0.25) is 4.79 Å². The lowest BCUT2D eigenvalue weighted by Gasteiger charge is -2.29. The molecule has 0 saturated heterocycles. The zero-order valence-corrected chi connectivity index (χ0v) is 12.5. The molecule has 19 heavy (non-hydrogen) atoms. The van der Waals surface area contributed by atoms with Gasteiger partial charge in [-0.25, -0.2) is 4.79 Å². The van der Waals surface area contributed by atoms with Crippen molar-refractivity contribution in [2.75, 3.05) is 20.1 Å². The molecule has 110 valence electrons. The topological polar surface area (TPSA) is 58.6 Å². The Morgan fingerprint density at radius 3 is 2.42 bits per heavy atom. The fourth-order valence-electron chi connectivity index (χ4n) is 1.90. The minimum atomic E-state index is -0.471. The van der Waals surface area contributed by atoms with Crippen molar-refractivity contribution in [1.29, 1.82) is 0 Å². The van der Waals surface area contributed by atoms with E-state index in [-0.39, 0.29) is 11.8 Å². The van der Waals surface area contributed by atoms with E-state index in [0.717, 1.165) is 19.3 Å². The molecule has 5 nitrogen and oxygen atoms in total. The Labute approximate surface area is 115 Å². The largest absolute Gasteiger partial charge is 0.444 e. The average molecular weight is 270 g/mol. The summed E-state index contributed by atoms with van der Waals surface area (Å²) in [4.78, 5) is 25.0. The van der Waals surface area contributed by atoms with Gasteiger partial charge in [0.2, 0.25) is 5.91 Å². The molecule has 5 heteroatoms. The van der Waals surface area contributed by atoms with Crippen molar-refractivity contribution in [2.24, 2.45) is 5.92 Å². The Bertz CT molecular complexity index is 319. The minimum Gasteiger partial charge on any atom is -0.444 e. The van der Waals surface area contributed by atoms with Crippen LogP contribution in [-0.2, 0) is 9.53 Å². The Morgan fingerprint density at radius 1 is 1.32 bits per heavy atom. The number of hydrogen-bond donors (Lipinski definition) is 1. The molecule has 2 amide bonds.